The van der Waals surface area contributed by atoms with Gasteiger partial charge in [0.15, 0.2) is 0 Å². The van der Waals surface area contributed by atoms with E-state index in [1.54, 1.807) is 0 Å². The number of ether oxygens (including phenoxy) is 1. The van der Waals surface area contributed by atoms with Crippen LogP contribution < -0.4 is 0 Å². The molecular formula is C13H20O2. The molecule has 0 aromatic carbocycles. The summed E-state index contributed by atoms with van der Waals surface area (Å²) in [5, 5.41) is 0. The van der Waals surface area contributed by atoms with E-state index < -0.39 is 0 Å². The zero-order valence-electron chi connectivity index (χ0n) is 9.45. The van der Waals surface area contributed by atoms with Gasteiger partial charge in [-0.25, -0.2) is 0 Å². The van der Waals surface area contributed by atoms with E-state index in [1.807, 2.05) is 6.92 Å². The number of carbonyl (C=O) groups is 1. The van der Waals surface area contributed by atoms with Crippen LogP contribution >= 0.6 is 0 Å². The fourth-order valence-electron chi connectivity index (χ4n) is 4.59. The van der Waals surface area contributed by atoms with Gasteiger partial charge in [0.2, 0.25) is 0 Å². The topological polar surface area (TPSA) is 26.3 Å². The first-order valence-corrected chi connectivity index (χ1v) is 6.48. The Morgan fingerprint density at radius 1 is 1.20 bits per heavy atom. The van der Waals surface area contributed by atoms with E-state index in [0.29, 0.717) is 12.5 Å². The van der Waals surface area contributed by atoms with Gasteiger partial charge >= 0.3 is 5.97 Å². The lowest BCUT2D eigenvalue weighted by atomic mass is 9.76. The van der Waals surface area contributed by atoms with E-state index in [-0.39, 0.29) is 11.9 Å². The van der Waals surface area contributed by atoms with Crippen molar-refractivity contribution >= 4 is 5.97 Å². The average Bonchev–Trinajstić information content (AvgIpc) is 2.90. The van der Waals surface area contributed by atoms with Crippen molar-refractivity contribution in [2.75, 3.05) is 6.61 Å². The molecular weight excluding hydrogens is 188 g/mol. The Morgan fingerprint density at radius 2 is 2.00 bits per heavy atom. The molecule has 15 heavy (non-hydrogen) atoms. The molecule has 84 valence electrons. The monoisotopic (exact) mass is 208 g/mol. The Bertz CT molecular complexity index is 274. The highest BCUT2D eigenvalue weighted by molar-refractivity contribution is 5.73. The zero-order chi connectivity index (χ0) is 10.4. The summed E-state index contributed by atoms with van der Waals surface area (Å²) in [4.78, 5) is 11.8. The molecule has 0 aliphatic heterocycles. The molecule has 0 unspecified atom stereocenters. The molecule has 0 radical (unpaired) electrons. The predicted molar refractivity (Wildman–Crippen MR) is 57.2 cm³/mol. The Morgan fingerprint density at radius 3 is 2.80 bits per heavy atom. The van der Waals surface area contributed by atoms with Crippen LogP contribution in [0, 0.1) is 29.6 Å². The summed E-state index contributed by atoms with van der Waals surface area (Å²) in [6, 6.07) is 0. The van der Waals surface area contributed by atoms with Crippen LogP contribution in [-0.4, -0.2) is 12.6 Å². The van der Waals surface area contributed by atoms with Crippen LogP contribution in [0.3, 0.4) is 0 Å². The standard InChI is InChI=1S/C13H20O2/c1-2-15-13(14)12-7-8-6-11(12)10-5-3-4-9(8)10/h8-12H,2-7H2,1H3/t8-,9+,10+,11-,12+/m0/s1. The number of fused-ring (bicyclic) bond motifs is 5. The van der Waals surface area contributed by atoms with Crippen molar-refractivity contribution in [3.63, 3.8) is 0 Å². The van der Waals surface area contributed by atoms with Crippen molar-refractivity contribution in [3.05, 3.63) is 0 Å². The van der Waals surface area contributed by atoms with Crippen LogP contribution in [0.4, 0.5) is 0 Å². The summed E-state index contributed by atoms with van der Waals surface area (Å²) in [6.45, 7) is 2.45. The molecule has 3 aliphatic rings. The minimum Gasteiger partial charge on any atom is -0.466 e. The highest BCUT2D eigenvalue weighted by Crippen LogP contribution is 2.61. The van der Waals surface area contributed by atoms with Crippen molar-refractivity contribution in [2.45, 2.75) is 39.0 Å². The summed E-state index contributed by atoms with van der Waals surface area (Å²) in [6.07, 6.45) is 6.66. The Kier molecular flexibility index (Phi) is 2.26. The first-order valence-electron chi connectivity index (χ1n) is 6.48. The predicted octanol–water partition coefficient (Wildman–Crippen LogP) is 2.62. The molecule has 0 saturated heterocycles. The van der Waals surface area contributed by atoms with E-state index >= 15 is 0 Å². The van der Waals surface area contributed by atoms with E-state index in [0.717, 1.165) is 24.2 Å². The third-order valence-electron chi connectivity index (χ3n) is 5.02. The van der Waals surface area contributed by atoms with Crippen LogP contribution in [0.5, 0.6) is 0 Å². The smallest absolute Gasteiger partial charge is 0.309 e. The van der Waals surface area contributed by atoms with Gasteiger partial charge in [0.1, 0.15) is 0 Å². The van der Waals surface area contributed by atoms with Crippen LogP contribution in [0.25, 0.3) is 0 Å². The normalized spacial score (nSPS) is 46.9. The van der Waals surface area contributed by atoms with E-state index in [2.05, 4.69) is 0 Å². The minimum absolute atomic E-state index is 0.0929. The van der Waals surface area contributed by atoms with Crippen molar-refractivity contribution < 1.29 is 9.53 Å². The number of carbonyl (C=O) groups excluding carboxylic acids is 1. The van der Waals surface area contributed by atoms with Gasteiger partial charge in [-0.3, -0.25) is 4.79 Å². The number of rotatable bonds is 2. The van der Waals surface area contributed by atoms with Gasteiger partial charge in [0, 0.05) is 0 Å². The Balaban J connectivity index is 1.73. The first kappa shape index (κ1) is 9.68. The zero-order valence-corrected chi connectivity index (χ0v) is 9.45. The van der Waals surface area contributed by atoms with Gasteiger partial charge in [-0.15, -0.1) is 0 Å². The summed E-state index contributed by atoms with van der Waals surface area (Å²) < 4.78 is 5.19. The molecule has 0 spiro atoms. The third-order valence-corrected chi connectivity index (χ3v) is 5.02. The maximum Gasteiger partial charge on any atom is 0.309 e. The molecule has 0 aromatic rings. The highest BCUT2D eigenvalue weighted by Gasteiger charge is 2.55. The van der Waals surface area contributed by atoms with Crippen LogP contribution in [0.15, 0.2) is 0 Å². The molecule has 3 saturated carbocycles. The van der Waals surface area contributed by atoms with Crippen LogP contribution in [-0.2, 0) is 9.53 Å². The van der Waals surface area contributed by atoms with E-state index in [4.69, 9.17) is 4.74 Å². The van der Waals surface area contributed by atoms with Crippen LogP contribution in [0.1, 0.15) is 39.0 Å². The highest BCUT2D eigenvalue weighted by atomic mass is 16.5. The number of esters is 1. The summed E-state index contributed by atoms with van der Waals surface area (Å²) in [7, 11) is 0. The second-order valence-electron chi connectivity index (χ2n) is 5.51. The molecule has 0 amide bonds. The lowest BCUT2D eigenvalue weighted by Gasteiger charge is -2.29. The van der Waals surface area contributed by atoms with Crippen molar-refractivity contribution in [2.24, 2.45) is 29.6 Å². The molecule has 2 nitrogen and oxygen atoms in total. The molecule has 2 bridgehead atoms. The van der Waals surface area contributed by atoms with E-state index in [1.165, 1.54) is 25.7 Å². The summed E-state index contributed by atoms with van der Waals surface area (Å²) in [5.41, 5.74) is 0. The van der Waals surface area contributed by atoms with Crippen molar-refractivity contribution in [1.29, 1.82) is 0 Å². The minimum atomic E-state index is 0.0929. The fourth-order valence-corrected chi connectivity index (χ4v) is 4.59. The number of hydrogen-bond acceptors (Lipinski definition) is 2. The van der Waals surface area contributed by atoms with Crippen molar-refractivity contribution in [1.82, 2.24) is 0 Å². The van der Waals surface area contributed by atoms with Gasteiger partial charge in [-0.2, -0.15) is 0 Å². The molecule has 3 fully saturated rings. The Labute approximate surface area is 91.4 Å². The third kappa shape index (κ3) is 1.33. The first-order chi connectivity index (χ1) is 7.31. The van der Waals surface area contributed by atoms with Crippen LogP contribution in [0.2, 0.25) is 0 Å². The molecule has 2 heteroatoms. The second-order valence-corrected chi connectivity index (χ2v) is 5.51. The second kappa shape index (κ2) is 3.50. The SMILES string of the molecule is CCOC(=O)[C@@H]1C[C@@H]2C[C@H]1[C@@H]1CCC[C@H]21. The van der Waals surface area contributed by atoms with Gasteiger partial charge in [0.25, 0.3) is 0 Å². The van der Waals surface area contributed by atoms with Gasteiger partial charge in [0.05, 0.1) is 12.5 Å². The molecule has 0 N–H and O–H groups in total. The molecule has 3 rings (SSSR count). The van der Waals surface area contributed by atoms with E-state index in [9.17, 15) is 4.79 Å². The fraction of sp³-hybridized carbons (Fsp3) is 0.923. The average molecular weight is 208 g/mol. The summed E-state index contributed by atoms with van der Waals surface area (Å²) in [5.74, 6) is 3.74. The van der Waals surface area contributed by atoms with Gasteiger partial charge < -0.3 is 4.74 Å². The maximum atomic E-state index is 11.8. The largest absolute Gasteiger partial charge is 0.466 e. The molecule has 5 atom stereocenters. The lowest BCUT2D eigenvalue weighted by Crippen LogP contribution is -2.30. The van der Waals surface area contributed by atoms with Gasteiger partial charge in [-0.1, -0.05) is 6.42 Å². The maximum absolute atomic E-state index is 11.8. The molecule has 3 aliphatic carbocycles. The molecule has 0 aromatic heterocycles. The lowest BCUT2D eigenvalue weighted by molar-refractivity contribution is -0.150. The quantitative estimate of drug-likeness (QED) is 0.652. The van der Waals surface area contributed by atoms with Gasteiger partial charge in [-0.05, 0) is 56.3 Å². The summed E-state index contributed by atoms with van der Waals surface area (Å²) >= 11 is 0. The van der Waals surface area contributed by atoms with Crippen molar-refractivity contribution in [3.8, 4) is 0 Å². The Hall–Kier alpha value is -0.530. The number of hydrogen-bond donors (Lipinski definition) is 0. The molecule has 0 heterocycles.